The van der Waals surface area contributed by atoms with Gasteiger partial charge in [0.15, 0.2) is 5.71 Å². The van der Waals surface area contributed by atoms with Gasteiger partial charge in [0.1, 0.15) is 7.05 Å². The van der Waals surface area contributed by atoms with E-state index >= 15 is 0 Å². The van der Waals surface area contributed by atoms with Crippen LogP contribution in [0.4, 0.5) is 11.4 Å². The fourth-order valence-corrected chi connectivity index (χ4v) is 6.63. The zero-order chi connectivity index (χ0) is 25.2. The molecule has 0 saturated heterocycles. The summed E-state index contributed by atoms with van der Waals surface area (Å²) in [5.41, 5.74) is 8.58. The van der Waals surface area contributed by atoms with Crippen molar-refractivity contribution in [3.8, 4) is 0 Å². The minimum Gasteiger partial charge on any atom is -0.347 e. The van der Waals surface area contributed by atoms with Gasteiger partial charge < -0.3 is 4.90 Å². The van der Waals surface area contributed by atoms with Crippen LogP contribution in [0, 0.1) is 0 Å². The molecule has 0 atom stereocenters. The van der Waals surface area contributed by atoms with Gasteiger partial charge in [0.25, 0.3) is 0 Å². The molecule has 1 fully saturated rings. The number of likely N-dealkylation sites (N-methyl/N-ethyl adjacent to an activating group) is 1. The number of anilines is 1. The molecule has 1 aliphatic carbocycles. The van der Waals surface area contributed by atoms with E-state index in [1.54, 1.807) is 0 Å². The number of allylic oxidation sites excluding steroid dienone is 10. The van der Waals surface area contributed by atoms with Gasteiger partial charge in [0.05, 0.1) is 5.41 Å². The highest BCUT2D eigenvalue weighted by Crippen LogP contribution is 2.54. The van der Waals surface area contributed by atoms with Crippen molar-refractivity contribution < 1.29 is 4.58 Å². The molecule has 5 rings (SSSR count). The maximum absolute atomic E-state index is 2.41. The molecular weight excluding hydrogens is 436 g/mol. The smallest absolute Gasteiger partial charge is 0.209 e. The fourth-order valence-electron chi connectivity index (χ4n) is 6.63. The average molecular weight is 476 g/mol. The van der Waals surface area contributed by atoms with E-state index in [1.165, 1.54) is 66.0 Å². The molecule has 0 radical (unpaired) electrons. The molecule has 2 aromatic rings. The Morgan fingerprint density at radius 3 is 2.08 bits per heavy atom. The highest BCUT2D eigenvalue weighted by atomic mass is 15.2. The van der Waals surface area contributed by atoms with Crippen LogP contribution in [0.3, 0.4) is 0 Å². The third-order valence-electron chi connectivity index (χ3n) is 8.46. The minimum atomic E-state index is 0.0184. The Bertz CT molecular complexity index is 1310. The van der Waals surface area contributed by atoms with E-state index in [9.17, 15) is 0 Å². The van der Waals surface area contributed by atoms with Crippen LogP contribution in [-0.2, 0) is 10.8 Å². The number of hydrogen-bond acceptors (Lipinski definition) is 1. The summed E-state index contributed by atoms with van der Waals surface area (Å²) in [6, 6.07) is 17.7. The van der Waals surface area contributed by atoms with Crippen LogP contribution in [0.5, 0.6) is 0 Å². The summed E-state index contributed by atoms with van der Waals surface area (Å²) in [5.74, 6) is 0. The third-order valence-corrected chi connectivity index (χ3v) is 8.46. The van der Waals surface area contributed by atoms with Crippen LogP contribution in [0.15, 0.2) is 109 Å². The van der Waals surface area contributed by atoms with E-state index in [-0.39, 0.29) is 10.8 Å². The van der Waals surface area contributed by atoms with E-state index in [2.05, 4.69) is 141 Å². The predicted molar refractivity (Wildman–Crippen MR) is 155 cm³/mol. The topological polar surface area (TPSA) is 6.25 Å². The van der Waals surface area contributed by atoms with Gasteiger partial charge in [0, 0.05) is 41.6 Å². The lowest BCUT2D eigenvalue weighted by Gasteiger charge is -2.36. The molecule has 0 bridgehead atoms. The van der Waals surface area contributed by atoms with Crippen molar-refractivity contribution in [3.63, 3.8) is 0 Å². The second kappa shape index (κ2) is 9.93. The Balaban J connectivity index is 1.24. The SMILES string of the molecule is CN1C(=CC=CC=CC=CC=CC2=[N+](C)c3ccccc3C2(C)C)C2(CCCCC2)c2ccccc21. The van der Waals surface area contributed by atoms with Gasteiger partial charge in [-0.25, -0.2) is 0 Å². The van der Waals surface area contributed by atoms with E-state index < -0.39 is 0 Å². The van der Waals surface area contributed by atoms with Crippen LogP contribution in [0.2, 0.25) is 0 Å². The highest BCUT2D eigenvalue weighted by Gasteiger charge is 2.46. The Morgan fingerprint density at radius 2 is 1.36 bits per heavy atom. The van der Waals surface area contributed by atoms with Crippen LogP contribution < -0.4 is 4.90 Å². The van der Waals surface area contributed by atoms with Crippen LogP contribution in [0.1, 0.15) is 57.1 Å². The molecule has 3 aliphatic rings. The van der Waals surface area contributed by atoms with Crippen molar-refractivity contribution in [2.75, 3.05) is 19.0 Å². The number of benzene rings is 2. The zero-order valence-corrected chi connectivity index (χ0v) is 22.2. The largest absolute Gasteiger partial charge is 0.347 e. The summed E-state index contributed by atoms with van der Waals surface area (Å²) in [4.78, 5) is 2.41. The van der Waals surface area contributed by atoms with Gasteiger partial charge >= 0.3 is 0 Å². The summed E-state index contributed by atoms with van der Waals surface area (Å²) in [5, 5.41) is 0. The van der Waals surface area contributed by atoms with E-state index in [1.807, 2.05) is 0 Å². The molecule has 1 saturated carbocycles. The molecule has 1 spiro atoms. The van der Waals surface area contributed by atoms with Crippen molar-refractivity contribution in [1.29, 1.82) is 0 Å². The summed E-state index contributed by atoms with van der Waals surface area (Å²) in [7, 11) is 4.39. The zero-order valence-electron chi connectivity index (χ0n) is 22.2. The Kier molecular flexibility index (Phi) is 6.71. The summed E-state index contributed by atoms with van der Waals surface area (Å²) >= 11 is 0. The standard InChI is InChI=1S/C34H39N2/c1-33(2)27-19-13-15-21-29(27)35(3)31(33)23-11-8-6-5-7-9-12-24-32-34(25-17-10-18-26-34)28-20-14-16-22-30(28)36(32)4/h5-9,11-16,19-24H,10,17-18,25-26H2,1-4H3/q+1. The quantitative estimate of drug-likeness (QED) is 0.312. The molecule has 2 nitrogen and oxygen atoms in total. The summed E-state index contributed by atoms with van der Waals surface area (Å²) in [6.07, 6.45) is 26.0. The Morgan fingerprint density at radius 1 is 0.750 bits per heavy atom. The van der Waals surface area contributed by atoms with E-state index in [0.717, 1.165) is 0 Å². The lowest BCUT2D eigenvalue weighted by Crippen LogP contribution is -2.31. The third kappa shape index (κ3) is 4.13. The second-order valence-corrected chi connectivity index (χ2v) is 10.9. The van der Waals surface area contributed by atoms with Gasteiger partial charge in [-0.3, -0.25) is 0 Å². The molecule has 2 aliphatic heterocycles. The van der Waals surface area contributed by atoms with Gasteiger partial charge in [-0.05, 0) is 44.4 Å². The molecule has 2 heterocycles. The molecule has 0 aromatic heterocycles. The van der Waals surface area contributed by atoms with Crippen molar-refractivity contribution in [2.45, 2.75) is 56.8 Å². The van der Waals surface area contributed by atoms with Gasteiger partial charge in [0.2, 0.25) is 5.69 Å². The second-order valence-electron chi connectivity index (χ2n) is 10.9. The van der Waals surface area contributed by atoms with Crippen molar-refractivity contribution in [1.82, 2.24) is 0 Å². The predicted octanol–water partition coefficient (Wildman–Crippen LogP) is 8.15. The number of nitrogens with zero attached hydrogens (tertiary/aromatic N) is 2. The normalized spacial score (nSPS) is 21.8. The molecule has 0 N–H and O–H groups in total. The first-order valence-electron chi connectivity index (χ1n) is 13.4. The maximum Gasteiger partial charge on any atom is 0.209 e. The molecule has 0 unspecified atom stereocenters. The number of hydrogen-bond donors (Lipinski definition) is 0. The highest BCUT2D eigenvalue weighted by molar-refractivity contribution is 6.03. The van der Waals surface area contributed by atoms with E-state index in [0.29, 0.717) is 0 Å². The summed E-state index contributed by atoms with van der Waals surface area (Å²) < 4.78 is 2.31. The van der Waals surface area contributed by atoms with Crippen molar-refractivity contribution >= 4 is 17.1 Å². The van der Waals surface area contributed by atoms with Crippen LogP contribution in [0.25, 0.3) is 0 Å². The molecule has 36 heavy (non-hydrogen) atoms. The monoisotopic (exact) mass is 475 g/mol. The van der Waals surface area contributed by atoms with Gasteiger partial charge in [-0.2, -0.15) is 4.58 Å². The maximum atomic E-state index is 2.41. The van der Waals surface area contributed by atoms with Crippen LogP contribution in [-0.4, -0.2) is 24.4 Å². The van der Waals surface area contributed by atoms with Crippen molar-refractivity contribution in [3.05, 3.63) is 120 Å². The molecule has 2 heteroatoms. The number of para-hydroxylation sites is 2. The number of rotatable bonds is 5. The molecule has 184 valence electrons. The first kappa shape index (κ1) is 24.3. The lowest BCUT2D eigenvalue weighted by atomic mass is 9.68. The first-order valence-corrected chi connectivity index (χ1v) is 13.4. The molecule has 0 amide bonds. The minimum absolute atomic E-state index is 0.0184. The Labute approximate surface area is 217 Å². The molecular formula is C34H39N2+. The first-order chi connectivity index (χ1) is 17.5. The molecule has 2 aromatic carbocycles. The summed E-state index contributed by atoms with van der Waals surface area (Å²) in [6.45, 7) is 4.60. The van der Waals surface area contributed by atoms with Gasteiger partial charge in [-0.15, -0.1) is 0 Å². The fraction of sp³-hybridized carbons (Fsp3) is 0.324. The lowest BCUT2D eigenvalue weighted by molar-refractivity contribution is -0.401. The number of fused-ring (bicyclic) bond motifs is 3. The van der Waals surface area contributed by atoms with Gasteiger partial charge in [-0.1, -0.05) is 98.2 Å². The van der Waals surface area contributed by atoms with E-state index in [4.69, 9.17) is 0 Å². The van der Waals surface area contributed by atoms with Crippen molar-refractivity contribution in [2.24, 2.45) is 0 Å². The Hall–Kier alpha value is -3.39. The average Bonchev–Trinajstić information content (AvgIpc) is 3.23. The van der Waals surface area contributed by atoms with Crippen LogP contribution >= 0.6 is 0 Å².